The van der Waals surface area contributed by atoms with Gasteiger partial charge in [-0.15, -0.1) is 0 Å². The van der Waals surface area contributed by atoms with E-state index in [0.29, 0.717) is 43.0 Å². The Kier molecular flexibility index (Phi) is 5.21. The molecule has 6 heterocycles. The van der Waals surface area contributed by atoms with Crippen LogP contribution >= 0.6 is 7.92 Å². The predicted molar refractivity (Wildman–Crippen MR) is 137 cm³/mol. The number of nitrogens with zero attached hydrogens (tertiary/aromatic N) is 2. The Morgan fingerprint density at radius 3 is 2.67 bits per heavy atom. The number of nitrogens with one attached hydrogen (secondary N) is 1. The van der Waals surface area contributed by atoms with Gasteiger partial charge in [-0.3, -0.25) is 14.5 Å². The molecule has 5 atom stereocenters. The number of fused-ring (bicyclic) bond motifs is 3. The third-order valence-electron chi connectivity index (χ3n) is 8.06. The van der Waals surface area contributed by atoms with Crippen LogP contribution in [0.3, 0.4) is 0 Å². The number of rotatable bonds is 0. The summed E-state index contributed by atoms with van der Waals surface area (Å²) in [5, 5.41) is 3.25. The highest BCUT2D eigenvalue weighted by Crippen LogP contribution is 2.69. The minimum Gasteiger partial charge on any atom is -0.493 e. The van der Waals surface area contributed by atoms with Crippen LogP contribution in [-0.4, -0.2) is 54.3 Å². The summed E-state index contributed by atoms with van der Waals surface area (Å²) in [6.07, 6.45) is 4.90. The Morgan fingerprint density at radius 1 is 1.00 bits per heavy atom. The zero-order valence-electron chi connectivity index (χ0n) is 20.0. The fourth-order valence-corrected chi connectivity index (χ4v) is 8.69. The quantitative estimate of drug-likeness (QED) is 0.533. The van der Waals surface area contributed by atoms with Crippen molar-refractivity contribution in [3.8, 4) is 11.5 Å². The molecule has 3 N–H and O–H groups in total. The number of guanidine groups is 1. The Hall–Kier alpha value is -3.12. The molecule has 6 aliphatic rings. The second-order valence-corrected chi connectivity index (χ2v) is 12.9. The lowest BCUT2D eigenvalue weighted by molar-refractivity contribution is -0.130. The third-order valence-corrected chi connectivity index (χ3v) is 10.6. The average molecular weight is 505 g/mol. The molecule has 6 bridgehead atoms. The summed E-state index contributed by atoms with van der Waals surface area (Å²) >= 11 is 0. The number of carbonyl (C=O) groups is 2. The number of aliphatic imine (C=N–C) groups is 1. The fraction of sp³-hybridized carbons (Fsp3) is 0.444. The summed E-state index contributed by atoms with van der Waals surface area (Å²) in [6.45, 7) is 1.06. The van der Waals surface area contributed by atoms with Gasteiger partial charge in [-0.05, 0) is 54.6 Å². The van der Waals surface area contributed by atoms with Crippen molar-refractivity contribution in [3.63, 3.8) is 0 Å². The van der Waals surface area contributed by atoms with E-state index in [2.05, 4.69) is 23.5 Å². The molecule has 0 spiro atoms. The van der Waals surface area contributed by atoms with E-state index in [9.17, 15) is 9.59 Å². The van der Waals surface area contributed by atoms with Gasteiger partial charge in [0.2, 0.25) is 5.91 Å². The van der Waals surface area contributed by atoms with E-state index in [1.165, 1.54) is 11.7 Å². The van der Waals surface area contributed by atoms with E-state index in [1.807, 2.05) is 12.1 Å². The van der Waals surface area contributed by atoms with Crippen molar-refractivity contribution in [1.29, 1.82) is 0 Å². The Bertz CT molecular complexity index is 1300. The van der Waals surface area contributed by atoms with Crippen LogP contribution in [0.2, 0.25) is 0 Å². The molecule has 0 aromatic heterocycles. The van der Waals surface area contributed by atoms with E-state index in [4.69, 9.17) is 20.2 Å². The Labute approximate surface area is 211 Å². The monoisotopic (exact) mass is 504 g/mol. The van der Waals surface area contributed by atoms with Crippen LogP contribution in [0.4, 0.5) is 0 Å². The molecule has 186 valence electrons. The zero-order valence-corrected chi connectivity index (χ0v) is 20.9. The maximum atomic E-state index is 13.4. The van der Waals surface area contributed by atoms with Crippen LogP contribution in [0.25, 0.3) is 0 Å². The minimum absolute atomic E-state index is 0.00359. The first kappa shape index (κ1) is 22.1. The molecule has 1 saturated heterocycles. The van der Waals surface area contributed by atoms with E-state index in [-0.39, 0.29) is 43.8 Å². The van der Waals surface area contributed by atoms with Gasteiger partial charge in [0, 0.05) is 41.6 Å². The molecule has 8 nitrogen and oxygen atoms in total. The maximum absolute atomic E-state index is 13.4. The standard InChI is InChI=1S/C27H29N4O4P/c28-27-29-17-7-10-36-14-24(36)15-1-3-22-18(11-15)20(5-8-34-22)30-26(33)16-2-4-23-19(12-16)21(6-9-35-23)31(27)25(32)13-17/h1-4,11-12,17,20-21,24H,5-10,13-14H2,(H2,28,29)(H,30,33)/t17?,20?,21-,24?,36?/m1/s1. The van der Waals surface area contributed by atoms with Crippen molar-refractivity contribution in [2.75, 3.05) is 25.5 Å². The van der Waals surface area contributed by atoms with Crippen LogP contribution in [0.15, 0.2) is 41.4 Å². The first-order valence-corrected chi connectivity index (χ1v) is 14.6. The largest absolute Gasteiger partial charge is 0.493 e. The van der Waals surface area contributed by atoms with Gasteiger partial charge in [0.1, 0.15) is 11.5 Å². The molecule has 0 aliphatic carbocycles. The summed E-state index contributed by atoms with van der Waals surface area (Å²) in [5.74, 6) is 1.69. The maximum Gasteiger partial charge on any atom is 0.251 e. The molecule has 2 aromatic carbocycles. The molecule has 2 aromatic rings. The van der Waals surface area contributed by atoms with Gasteiger partial charge in [-0.1, -0.05) is 14.0 Å². The number of hydrogen-bond acceptors (Lipinski definition) is 6. The molecular formula is C27H29N4O4P. The smallest absolute Gasteiger partial charge is 0.251 e. The summed E-state index contributed by atoms with van der Waals surface area (Å²) in [6, 6.07) is 11.5. The molecular weight excluding hydrogens is 475 g/mol. The molecule has 9 heteroatoms. The van der Waals surface area contributed by atoms with E-state index in [1.54, 1.807) is 11.0 Å². The van der Waals surface area contributed by atoms with E-state index < -0.39 is 0 Å². The van der Waals surface area contributed by atoms with Gasteiger partial charge in [-0.25, -0.2) is 4.99 Å². The highest BCUT2D eigenvalue weighted by molar-refractivity contribution is 7.65. The number of carbonyl (C=O) groups excluding carboxylic acids is 2. The summed E-state index contributed by atoms with van der Waals surface area (Å²) < 4.78 is 11.8. The van der Waals surface area contributed by atoms with Gasteiger partial charge in [0.25, 0.3) is 5.91 Å². The summed E-state index contributed by atoms with van der Waals surface area (Å²) in [5.41, 5.74) is 10.7. The predicted octanol–water partition coefficient (Wildman–Crippen LogP) is 3.62. The second kappa shape index (κ2) is 8.48. The van der Waals surface area contributed by atoms with E-state index >= 15 is 0 Å². The van der Waals surface area contributed by atoms with Crippen LogP contribution < -0.4 is 20.5 Å². The molecule has 2 amide bonds. The van der Waals surface area contributed by atoms with Gasteiger partial charge in [0.15, 0.2) is 5.96 Å². The molecule has 0 saturated carbocycles. The van der Waals surface area contributed by atoms with E-state index in [0.717, 1.165) is 35.9 Å². The molecule has 6 aliphatic heterocycles. The van der Waals surface area contributed by atoms with Gasteiger partial charge in [0.05, 0.1) is 31.3 Å². The number of nitrogens with two attached hydrogens (primary N) is 1. The summed E-state index contributed by atoms with van der Waals surface area (Å²) in [4.78, 5) is 33.1. The lowest BCUT2D eigenvalue weighted by atomic mass is 9.94. The number of benzene rings is 2. The minimum atomic E-state index is -0.291. The number of ether oxygens (including phenoxy) is 2. The van der Waals surface area contributed by atoms with Crippen molar-refractivity contribution in [2.45, 2.75) is 49.5 Å². The fourth-order valence-electron chi connectivity index (χ4n) is 6.07. The van der Waals surface area contributed by atoms with Crippen molar-refractivity contribution in [2.24, 2.45) is 10.7 Å². The first-order chi connectivity index (χ1) is 17.5. The van der Waals surface area contributed by atoms with Gasteiger partial charge in [-0.2, -0.15) is 0 Å². The third kappa shape index (κ3) is 3.74. The molecule has 36 heavy (non-hydrogen) atoms. The highest BCUT2D eigenvalue weighted by Gasteiger charge is 2.41. The Morgan fingerprint density at radius 2 is 1.81 bits per heavy atom. The lowest BCUT2D eigenvalue weighted by Crippen LogP contribution is -2.50. The lowest BCUT2D eigenvalue weighted by Gasteiger charge is -2.38. The Balaban J connectivity index is 1.30. The average Bonchev–Trinajstić information content (AvgIpc) is 3.66. The molecule has 0 radical (unpaired) electrons. The highest BCUT2D eigenvalue weighted by atomic mass is 31.1. The first-order valence-electron chi connectivity index (χ1n) is 12.8. The molecule has 4 unspecified atom stereocenters. The van der Waals surface area contributed by atoms with Crippen LogP contribution in [0, 0.1) is 0 Å². The van der Waals surface area contributed by atoms with Crippen LogP contribution in [0.5, 0.6) is 11.5 Å². The van der Waals surface area contributed by atoms with Gasteiger partial charge < -0.3 is 20.5 Å². The van der Waals surface area contributed by atoms with Gasteiger partial charge >= 0.3 is 0 Å². The SMILES string of the molecule is NC1=NC2CCP3CC3c3ccc4c(c3)C(CCO4)NC(=O)c3ccc4c(c3)[C@@H](CCO4)N1C(=O)C2. The number of hydrogen-bond donors (Lipinski definition) is 2. The van der Waals surface area contributed by atoms with Crippen molar-refractivity contribution in [1.82, 2.24) is 10.2 Å². The second-order valence-electron chi connectivity index (χ2n) is 10.3. The van der Waals surface area contributed by atoms with Crippen molar-refractivity contribution in [3.05, 3.63) is 58.7 Å². The van der Waals surface area contributed by atoms with Crippen LogP contribution in [-0.2, 0) is 4.79 Å². The van der Waals surface area contributed by atoms with Crippen LogP contribution in [0.1, 0.15) is 70.5 Å². The molecule has 1 fully saturated rings. The molecule has 8 rings (SSSR count). The number of amides is 2. The topological polar surface area (TPSA) is 106 Å². The van der Waals surface area contributed by atoms with Crippen molar-refractivity contribution < 1.29 is 19.1 Å². The summed E-state index contributed by atoms with van der Waals surface area (Å²) in [7, 11) is -0.116. The normalized spacial score (nSPS) is 30.6. The van der Waals surface area contributed by atoms with Crippen molar-refractivity contribution >= 4 is 25.7 Å². The zero-order chi connectivity index (χ0) is 24.4.